The van der Waals surface area contributed by atoms with Crippen LogP contribution in [0.3, 0.4) is 0 Å². The van der Waals surface area contributed by atoms with Crippen LogP contribution in [-0.4, -0.2) is 13.1 Å². The third kappa shape index (κ3) is 4.30. The third-order valence-electron chi connectivity index (χ3n) is 2.55. The second kappa shape index (κ2) is 6.64. The van der Waals surface area contributed by atoms with Crippen LogP contribution < -0.4 is 10.6 Å². The van der Waals surface area contributed by atoms with E-state index in [1.807, 2.05) is 24.3 Å². The highest BCUT2D eigenvalue weighted by molar-refractivity contribution is 6.31. The van der Waals surface area contributed by atoms with E-state index in [0.717, 1.165) is 17.9 Å². The van der Waals surface area contributed by atoms with E-state index in [-0.39, 0.29) is 5.02 Å². The number of nitrogens with one attached hydrogen (secondary N) is 2. The van der Waals surface area contributed by atoms with Crippen molar-refractivity contribution in [3.05, 3.63) is 58.3 Å². The molecule has 2 nitrogen and oxygen atoms in total. The Morgan fingerprint density at radius 3 is 2.05 bits per heavy atom. The Morgan fingerprint density at radius 2 is 1.42 bits per heavy atom. The maximum Gasteiger partial charge on any atom is 0.141 e. The largest absolute Gasteiger partial charge is 0.383 e. The molecule has 0 bridgehead atoms. The molecule has 19 heavy (non-hydrogen) atoms. The van der Waals surface area contributed by atoms with Crippen molar-refractivity contribution in [1.29, 1.82) is 0 Å². The molecule has 0 unspecified atom stereocenters. The van der Waals surface area contributed by atoms with E-state index in [9.17, 15) is 4.39 Å². The highest BCUT2D eigenvalue weighted by Gasteiger charge is 2.00. The fourth-order valence-electron chi connectivity index (χ4n) is 1.59. The van der Waals surface area contributed by atoms with Gasteiger partial charge in [0.1, 0.15) is 5.82 Å². The molecular weight excluding hydrogens is 286 g/mol. The van der Waals surface area contributed by atoms with E-state index < -0.39 is 5.82 Å². The minimum Gasteiger partial charge on any atom is -0.383 e. The lowest BCUT2D eigenvalue weighted by molar-refractivity contribution is 0.628. The molecule has 2 rings (SSSR count). The topological polar surface area (TPSA) is 24.1 Å². The molecule has 0 saturated heterocycles. The molecule has 0 aliphatic heterocycles. The Balaban J connectivity index is 1.77. The van der Waals surface area contributed by atoms with E-state index in [4.69, 9.17) is 23.2 Å². The van der Waals surface area contributed by atoms with Gasteiger partial charge in [0, 0.05) is 29.5 Å². The van der Waals surface area contributed by atoms with Gasteiger partial charge in [-0.3, -0.25) is 0 Å². The molecule has 2 N–H and O–H groups in total. The monoisotopic (exact) mass is 298 g/mol. The number of halogens is 3. The average Bonchev–Trinajstić information content (AvgIpc) is 2.41. The lowest BCUT2D eigenvalue weighted by Gasteiger charge is -2.09. The standard InChI is InChI=1S/C14H13Cl2FN2/c15-10-1-3-11(4-2-10)18-7-8-19-12-5-6-14(17)13(16)9-12/h1-6,9,18-19H,7-8H2. The Labute approximate surface area is 121 Å². The quantitative estimate of drug-likeness (QED) is 0.785. The highest BCUT2D eigenvalue weighted by Crippen LogP contribution is 2.19. The first kappa shape index (κ1) is 14.0. The smallest absolute Gasteiger partial charge is 0.141 e. The number of anilines is 2. The summed E-state index contributed by atoms with van der Waals surface area (Å²) in [4.78, 5) is 0. The van der Waals surface area contributed by atoms with Gasteiger partial charge in [0.05, 0.1) is 5.02 Å². The van der Waals surface area contributed by atoms with Crippen LogP contribution in [0.1, 0.15) is 0 Å². The molecule has 0 aliphatic carbocycles. The first-order valence-corrected chi connectivity index (χ1v) is 6.59. The SMILES string of the molecule is Fc1ccc(NCCNc2ccc(Cl)cc2)cc1Cl. The number of benzene rings is 2. The van der Waals surface area contributed by atoms with Crippen LogP contribution in [0.4, 0.5) is 15.8 Å². The van der Waals surface area contributed by atoms with Gasteiger partial charge >= 0.3 is 0 Å². The second-order valence-electron chi connectivity index (χ2n) is 3.99. The van der Waals surface area contributed by atoms with Crippen LogP contribution >= 0.6 is 23.2 Å². The van der Waals surface area contributed by atoms with Crippen molar-refractivity contribution in [3.8, 4) is 0 Å². The number of rotatable bonds is 5. The molecule has 0 spiro atoms. The van der Waals surface area contributed by atoms with Gasteiger partial charge < -0.3 is 10.6 Å². The van der Waals surface area contributed by atoms with Crippen molar-refractivity contribution in [2.24, 2.45) is 0 Å². The lowest BCUT2D eigenvalue weighted by Crippen LogP contribution is -2.13. The van der Waals surface area contributed by atoms with Crippen molar-refractivity contribution < 1.29 is 4.39 Å². The molecule has 0 aliphatic rings. The maximum absolute atomic E-state index is 13.0. The molecule has 0 radical (unpaired) electrons. The van der Waals surface area contributed by atoms with Crippen molar-refractivity contribution in [2.75, 3.05) is 23.7 Å². The summed E-state index contributed by atoms with van der Waals surface area (Å²) in [5.41, 5.74) is 1.80. The second-order valence-corrected chi connectivity index (χ2v) is 4.83. The van der Waals surface area contributed by atoms with Gasteiger partial charge in [-0.25, -0.2) is 4.39 Å². The Kier molecular flexibility index (Phi) is 4.88. The summed E-state index contributed by atoms with van der Waals surface area (Å²) in [5, 5.41) is 7.23. The Hall–Kier alpha value is -1.45. The van der Waals surface area contributed by atoms with Gasteiger partial charge in [-0.2, -0.15) is 0 Å². The lowest BCUT2D eigenvalue weighted by atomic mass is 10.3. The molecule has 100 valence electrons. The predicted octanol–water partition coefficient (Wildman–Crippen LogP) is 4.66. The Bertz CT molecular complexity index is 544. The van der Waals surface area contributed by atoms with E-state index in [2.05, 4.69) is 10.6 Å². The van der Waals surface area contributed by atoms with Gasteiger partial charge in [0.15, 0.2) is 0 Å². The maximum atomic E-state index is 13.0. The fraction of sp³-hybridized carbons (Fsp3) is 0.143. The van der Waals surface area contributed by atoms with Gasteiger partial charge in [-0.05, 0) is 42.5 Å². The minimum atomic E-state index is -0.411. The van der Waals surface area contributed by atoms with Crippen molar-refractivity contribution >= 4 is 34.6 Å². The molecular formula is C14H13Cl2FN2. The zero-order chi connectivity index (χ0) is 13.7. The predicted molar refractivity (Wildman–Crippen MR) is 79.8 cm³/mol. The van der Waals surface area contributed by atoms with Gasteiger partial charge in [0.2, 0.25) is 0 Å². The van der Waals surface area contributed by atoms with E-state index in [1.165, 1.54) is 6.07 Å². The Morgan fingerprint density at radius 1 is 0.842 bits per heavy atom. The zero-order valence-electron chi connectivity index (χ0n) is 10.1. The van der Waals surface area contributed by atoms with Crippen LogP contribution in [0, 0.1) is 5.82 Å². The van der Waals surface area contributed by atoms with Crippen molar-refractivity contribution in [3.63, 3.8) is 0 Å². The first-order chi connectivity index (χ1) is 9.15. The van der Waals surface area contributed by atoms with Crippen LogP contribution in [0.25, 0.3) is 0 Å². The number of hydrogen-bond acceptors (Lipinski definition) is 2. The third-order valence-corrected chi connectivity index (χ3v) is 3.09. The molecule has 2 aromatic carbocycles. The molecule has 0 fully saturated rings. The molecule has 0 aromatic heterocycles. The van der Waals surface area contributed by atoms with Crippen LogP contribution in [0.15, 0.2) is 42.5 Å². The fourth-order valence-corrected chi connectivity index (χ4v) is 1.89. The minimum absolute atomic E-state index is 0.121. The summed E-state index contributed by atoms with van der Waals surface area (Å²) in [6, 6.07) is 12.1. The summed E-state index contributed by atoms with van der Waals surface area (Å²) < 4.78 is 13.0. The highest BCUT2D eigenvalue weighted by atomic mass is 35.5. The van der Waals surface area contributed by atoms with E-state index in [0.29, 0.717) is 11.6 Å². The van der Waals surface area contributed by atoms with E-state index in [1.54, 1.807) is 12.1 Å². The number of hydrogen-bond donors (Lipinski definition) is 2. The molecule has 0 heterocycles. The van der Waals surface area contributed by atoms with Crippen LogP contribution in [0.2, 0.25) is 10.0 Å². The molecule has 0 atom stereocenters. The first-order valence-electron chi connectivity index (χ1n) is 5.83. The normalized spacial score (nSPS) is 10.3. The summed E-state index contributed by atoms with van der Waals surface area (Å²) >= 11 is 11.5. The van der Waals surface area contributed by atoms with Gasteiger partial charge in [-0.15, -0.1) is 0 Å². The summed E-state index contributed by atoms with van der Waals surface area (Å²) in [6.45, 7) is 1.43. The van der Waals surface area contributed by atoms with Crippen LogP contribution in [0.5, 0.6) is 0 Å². The van der Waals surface area contributed by atoms with Gasteiger partial charge in [0.25, 0.3) is 0 Å². The summed E-state index contributed by atoms with van der Waals surface area (Å²) in [6.07, 6.45) is 0. The van der Waals surface area contributed by atoms with Gasteiger partial charge in [-0.1, -0.05) is 23.2 Å². The molecule has 5 heteroatoms. The summed E-state index contributed by atoms with van der Waals surface area (Å²) in [5.74, 6) is -0.411. The van der Waals surface area contributed by atoms with Crippen molar-refractivity contribution in [2.45, 2.75) is 0 Å². The summed E-state index contributed by atoms with van der Waals surface area (Å²) in [7, 11) is 0. The molecule has 0 saturated carbocycles. The average molecular weight is 299 g/mol. The molecule has 0 amide bonds. The van der Waals surface area contributed by atoms with E-state index >= 15 is 0 Å². The molecule has 2 aromatic rings. The van der Waals surface area contributed by atoms with Crippen molar-refractivity contribution in [1.82, 2.24) is 0 Å². The van der Waals surface area contributed by atoms with Crippen LogP contribution in [-0.2, 0) is 0 Å². The zero-order valence-corrected chi connectivity index (χ0v) is 11.6.